The van der Waals surface area contributed by atoms with Crippen molar-refractivity contribution in [1.82, 2.24) is 10.3 Å². The molecule has 76 valence electrons. The van der Waals surface area contributed by atoms with Crippen molar-refractivity contribution in [2.75, 3.05) is 19.7 Å². The summed E-state index contributed by atoms with van der Waals surface area (Å²) in [5.41, 5.74) is 0. The number of nitrogens with one attached hydrogen (secondary N) is 1. The van der Waals surface area contributed by atoms with Crippen LogP contribution in [0.3, 0.4) is 0 Å². The van der Waals surface area contributed by atoms with Gasteiger partial charge in [-0.3, -0.25) is 0 Å². The van der Waals surface area contributed by atoms with E-state index in [9.17, 15) is 0 Å². The average molecular weight is 213 g/mol. The van der Waals surface area contributed by atoms with Gasteiger partial charge in [-0.1, -0.05) is 11.6 Å². The van der Waals surface area contributed by atoms with Crippen LogP contribution < -0.4 is 10.1 Å². The first-order valence-corrected chi connectivity index (χ1v) is 5.17. The lowest BCUT2D eigenvalue weighted by Crippen LogP contribution is -2.15. The molecular formula is C10H13ClN2O. The minimum absolute atomic E-state index is 0.500. The van der Waals surface area contributed by atoms with Crippen molar-refractivity contribution in [3.05, 3.63) is 23.5 Å². The molecule has 0 aliphatic carbocycles. The topological polar surface area (TPSA) is 34.1 Å². The molecular weight excluding hydrogens is 200 g/mol. The molecule has 4 heteroatoms. The van der Waals surface area contributed by atoms with Gasteiger partial charge in [-0.05, 0) is 25.1 Å². The van der Waals surface area contributed by atoms with Gasteiger partial charge < -0.3 is 10.1 Å². The Morgan fingerprint density at radius 2 is 2.50 bits per heavy atom. The molecule has 0 aromatic carbocycles. The number of halogens is 1. The highest BCUT2D eigenvalue weighted by atomic mass is 35.5. The van der Waals surface area contributed by atoms with Crippen LogP contribution in [0.25, 0.3) is 0 Å². The summed E-state index contributed by atoms with van der Waals surface area (Å²) < 4.78 is 5.58. The van der Waals surface area contributed by atoms with Crippen LogP contribution in [0.4, 0.5) is 0 Å². The van der Waals surface area contributed by atoms with Gasteiger partial charge in [0.25, 0.3) is 0 Å². The van der Waals surface area contributed by atoms with Gasteiger partial charge >= 0.3 is 0 Å². The second-order valence-electron chi connectivity index (χ2n) is 3.49. The molecule has 0 spiro atoms. The van der Waals surface area contributed by atoms with Crippen LogP contribution in [-0.2, 0) is 0 Å². The molecule has 1 saturated heterocycles. The van der Waals surface area contributed by atoms with E-state index in [1.54, 1.807) is 12.3 Å². The molecule has 1 fully saturated rings. The van der Waals surface area contributed by atoms with Gasteiger partial charge in [-0.2, -0.15) is 0 Å². The highest BCUT2D eigenvalue weighted by molar-refractivity contribution is 6.29. The van der Waals surface area contributed by atoms with Crippen LogP contribution in [0.15, 0.2) is 18.3 Å². The molecule has 0 radical (unpaired) electrons. The second-order valence-corrected chi connectivity index (χ2v) is 3.87. The third-order valence-electron chi connectivity index (χ3n) is 2.35. The van der Waals surface area contributed by atoms with Crippen LogP contribution in [0.2, 0.25) is 5.15 Å². The Labute approximate surface area is 88.4 Å². The SMILES string of the molecule is Clc1ccc(OC[C@@H]2CCNC2)cn1. The molecule has 1 aromatic heterocycles. The highest BCUT2D eigenvalue weighted by Crippen LogP contribution is 2.14. The van der Waals surface area contributed by atoms with E-state index < -0.39 is 0 Å². The predicted octanol–water partition coefficient (Wildman–Crippen LogP) is 1.72. The maximum Gasteiger partial charge on any atom is 0.137 e. The Kier molecular flexibility index (Phi) is 3.22. The second kappa shape index (κ2) is 4.62. The summed E-state index contributed by atoms with van der Waals surface area (Å²) >= 11 is 5.66. The zero-order chi connectivity index (χ0) is 9.80. The first kappa shape index (κ1) is 9.74. The van der Waals surface area contributed by atoms with Crippen LogP contribution in [0.5, 0.6) is 5.75 Å². The Balaban J connectivity index is 1.82. The number of aromatic nitrogens is 1. The summed E-state index contributed by atoms with van der Waals surface area (Å²) in [6.07, 6.45) is 2.85. The fourth-order valence-electron chi connectivity index (χ4n) is 1.52. The quantitative estimate of drug-likeness (QED) is 0.775. The molecule has 1 N–H and O–H groups in total. The largest absolute Gasteiger partial charge is 0.492 e. The smallest absolute Gasteiger partial charge is 0.137 e. The minimum atomic E-state index is 0.500. The molecule has 1 aromatic rings. The summed E-state index contributed by atoms with van der Waals surface area (Å²) in [6.45, 7) is 2.92. The molecule has 0 bridgehead atoms. The van der Waals surface area contributed by atoms with Crippen LogP contribution in [-0.4, -0.2) is 24.7 Å². The Morgan fingerprint density at radius 3 is 3.14 bits per heavy atom. The molecule has 0 amide bonds. The van der Waals surface area contributed by atoms with Gasteiger partial charge in [0.15, 0.2) is 0 Å². The molecule has 1 atom stereocenters. The monoisotopic (exact) mass is 212 g/mol. The number of nitrogens with zero attached hydrogens (tertiary/aromatic N) is 1. The molecule has 2 heterocycles. The van der Waals surface area contributed by atoms with Gasteiger partial charge in [0.05, 0.1) is 12.8 Å². The van der Waals surface area contributed by atoms with E-state index >= 15 is 0 Å². The lowest BCUT2D eigenvalue weighted by Gasteiger charge is -2.10. The van der Waals surface area contributed by atoms with E-state index in [-0.39, 0.29) is 0 Å². The fraction of sp³-hybridized carbons (Fsp3) is 0.500. The third kappa shape index (κ3) is 2.59. The van der Waals surface area contributed by atoms with Crippen molar-refractivity contribution < 1.29 is 4.74 Å². The molecule has 1 aliphatic rings. The summed E-state index contributed by atoms with van der Waals surface area (Å²) in [7, 11) is 0. The standard InChI is InChI=1S/C10H13ClN2O/c11-10-2-1-9(6-13-10)14-7-8-3-4-12-5-8/h1-2,6,8,12H,3-5,7H2/t8-/m1/s1. The van der Waals surface area contributed by atoms with Crippen LogP contribution in [0.1, 0.15) is 6.42 Å². The lowest BCUT2D eigenvalue weighted by molar-refractivity contribution is 0.259. The van der Waals surface area contributed by atoms with Gasteiger partial charge in [0, 0.05) is 12.5 Å². The Morgan fingerprint density at radius 1 is 1.57 bits per heavy atom. The van der Waals surface area contributed by atoms with Gasteiger partial charge in [-0.15, -0.1) is 0 Å². The van der Waals surface area contributed by atoms with E-state index in [4.69, 9.17) is 16.3 Å². The number of hydrogen-bond acceptors (Lipinski definition) is 3. The number of ether oxygens (including phenoxy) is 1. The average Bonchev–Trinajstić information content (AvgIpc) is 2.70. The van der Waals surface area contributed by atoms with Gasteiger partial charge in [0.2, 0.25) is 0 Å². The highest BCUT2D eigenvalue weighted by Gasteiger charge is 2.14. The van der Waals surface area contributed by atoms with E-state index in [0.29, 0.717) is 11.1 Å². The number of pyridine rings is 1. The summed E-state index contributed by atoms with van der Waals surface area (Å²) in [5, 5.41) is 3.80. The Bertz CT molecular complexity index is 283. The number of rotatable bonds is 3. The molecule has 2 rings (SSSR count). The maximum absolute atomic E-state index is 5.66. The molecule has 0 saturated carbocycles. The van der Waals surface area contributed by atoms with Crippen LogP contribution >= 0.6 is 11.6 Å². The molecule has 0 unspecified atom stereocenters. The van der Waals surface area contributed by atoms with Crippen molar-refractivity contribution in [3.8, 4) is 5.75 Å². The Hall–Kier alpha value is -0.800. The third-order valence-corrected chi connectivity index (χ3v) is 2.57. The molecule has 1 aliphatic heterocycles. The first-order chi connectivity index (χ1) is 6.84. The van der Waals surface area contributed by atoms with Crippen molar-refractivity contribution in [1.29, 1.82) is 0 Å². The van der Waals surface area contributed by atoms with Crippen molar-refractivity contribution in [2.24, 2.45) is 5.92 Å². The summed E-state index contributed by atoms with van der Waals surface area (Å²) in [6, 6.07) is 3.58. The number of hydrogen-bond donors (Lipinski definition) is 1. The van der Waals surface area contributed by atoms with Crippen molar-refractivity contribution >= 4 is 11.6 Å². The van der Waals surface area contributed by atoms with Crippen molar-refractivity contribution in [2.45, 2.75) is 6.42 Å². The van der Waals surface area contributed by atoms with E-state index in [2.05, 4.69) is 10.3 Å². The van der Waals surface area contributed by atoms with E-state index in [0.717, 1.165) is 25.4 Å². The lowest BCUT2D eigenvalue weighted by atomic mass is 10.1. The summed E-state index contributed by atoms with van der Waals surface area (Å²) in [4.78, 5) is 3.95. The summed E-state index contributed by atoms with van der Waals surface area (Å²) in [5.74, 6) is 1.42. The minimum Gasteiger partial charge on any atom is -0.492 e. The molecule has 3 nitrogen and oxygen atoms in total. The van der Waals surface area contributed by atoms with Crippen LogP contribution in [0, 0.1) is 5.92 Å². The molecule has 14 heavy (non-hydrogen) atoms. The van der Waals surface area contributed by atoms with E-state index in [1.807, 2.05) is 6.07 Å². The first-order valence-electron chi connectivity index (χ1n) is 4.79. The zero-order valence-corrected chi connectivity index (χ0v) is 8.63. The predicted molar refractivity (Wildman–Crippen MR) is 55.7 cm³/mol. The fourth-order valence-corrected chi connectivity index (χ4v) is 1.63. The van der Waals surface area contributed by atoms with Gasteiger partial charge in [-0.25, -0.2) is 4.98 Å². The zero-order valence-electron chi connectivity index (χ0n) is 7.87. The normalized spacial score (nSPS) is 21.1. The maximum atomic E-state index is 5.66. The van der Waals surface area contributed by atoms with E-state index in [1.165, 1.54) is 6.42 Å². The van der Waals surface area contributed by atoms with Crippen molar-refractivity contribution in [3.63, 3.8) is 0 Å². The van der Waals surface area contributed by atoms with Gasteiger partial charge in [0.1, 0.15) is 10.9 Å².